The van der Waals surface area contributed by atoms with Crippen LogP contribution in [0.1, 0.15) is 13.8 Å². The molecular formula is C15H21N3O4. The van der Waals surface area contributed by atoms with E-state index < -0.39 is 6.09 Å². The van der Waals surface area contributed by atoms with Crippen molar-refractivity contribution in [3.63, 3.8) is 0 Å². The van der Waals surface area contributed by atoms with Gasteiger partial charge in [0.25, 0.3) is 0 Å². The Morgan fingerprint density at radius 1 is 1.27 bits per heavy atom. The number of carbonyl (C=O) groups excluding carboxylic acids is 2. The van der Waals surface area contributed by atoms with Gasteiger partial charge in [0.15, 0.2) is 0 Å². The van der Waals surface area contributed by atoms with Gasteiger partial charge in [-0.3, -0.25) is 5.32 Å². The third-order valence-corrected chi connectivity index (χ3v) is 3.19. The molecule has 0 aliphatic carbocycles. The summed E-state index contributed by atoms with van der Waals surface area (Å²) < 4.78 is 10.2. The first kappa shape index (κ1) is 16.1. The molecule has 1 aliphatic rings. The Bertz CT molecular complexity index is 518. The minimum atomic E-state index is -0.499. The summed E-state index contributed by atoms with van der Waals surface area (Å²) in [5.41, 5.74) is 1.27. The van der Waals surface area contributed by atoms with Crippen molar-refractivity contribution in [1.29, 1.82) is 0 Å². The fraction of sp³-hybridized carbons (Fsp3) is 0.467. The molecule has 0 spiro atoms. The third-order valence-electron chi connectivity index (χ3n) is 3.19. The van der Waals surface area contributed by atoms with Crippen LogP contribution < -0.4 is 10.6 Å². The summed E-state index contributed by atoms with van der Waals surface area (Å²) in [7, 11) is 0. The molecule has 0 bridgehead atoms. The van der Waals surface area contributed by atoms with E-state index in [9.17, 15) is 9.59 Å². The highest BCUT2D eigenvalue weighted by Gasteiger charge is 2.21. The van der Waals surface area contributed by atoms with Gasteiger partial charge in [-0.25, -0.2) is 9.59 Å². The van der Waals surface area contributed by atoms with E-state index >= 15 is 0 Å². The van der Waals surface area contributed by atoms with E-state index in [0.717, 1.165) is 0 Å². The maximum atomic E-state index is 12.1. The number of morpholine rings is 1. The predicted octanol–water partition coefficient (Wildman–Crippen LogP) is 2.51. The standard InChI is InChI=1S/C15H21N3O4/c1-3-21-15(20)17-13-6-4-12(5-7-13)16-14(19)18-8-9-22-11(2)10-18/h4-7,11H,3,8-10H2,1-2H3,(H,16,19)(H,17,20)/t11-/m1/s1. The number of benzene rings is 1. The first-order valence-corrected chi connectivity index (χ1v) is 7.30. The van der Waals surface area contributed by atoms with E-state index in [0.29, 0.717) is 37.7 Å². The number of carbonyl (C=O) groups is 2. The molecule has 7 heteroatoms. The highest BCUT2D eigenvalue weighted by Crippen LogP contribution is 2.15. The molecule has 0 radical (unpaired) electrons. The van der Waals surface area contributed by atoms with Crippen molar-refractivity contribution in [1.82, 2.24) is 4.90 Å². The lowest BCUT2D eigenvalue weighted by molar-refractivity contribution is -0.00138. The molecule has 1 aliphatic heterocycles. The number of amides is 3. The minimum Gasteiger partial charge on any atom is -0.450 e. The van der Waals surface area contributed by atoms with Gasteiger partial charge in [0.2, 0.25) is 0 Å². The highest BCUT2D eigenvalue weighted by atomic mass is 16.5. The van der Waals surface area contributed by atoms with Crippen molar-refractivity contribution < 1.29 is 19.1 Å². The van der Waals surface area contributed by atoms with Crippen molar-refractivity contribution in [2.75, 3.05) is 36.9 Å². The second-order valence-corrected chi connectivity index (χ2v) is 4.98. The van der Waals surface area contributed by atoms with Crippen LogP contribution in [0.25, 0.3) is 0 Å². The second kappa shape index (κ2) is 7.65. The number of hydrogen-bond donors (Lipinski definition) is 2. The smallest absolute Gasteiger partial charge is 0.411 e. The van der Waals surface area contributed by atoms with E-state index in [-0.39, 0.29) is 12.1 Å². The number of nitrogens with zero attached hydrogens (tertiary/aromatic N) is 1. The summed E-state index contributed by atoms with van der Waals surface area (Å²) in [5.74, 6) is 0. The molecule has 120 valence electrons. The van der Waals surface area contributed by atoms with E-state index in [1.807, 2.05) is 6.92 Å². The van der Waals surface area contributed by atoms with E-state index in [1.54, 1.807) is 36.1 Å². The van der Waals surface area contributed by atoms with Crippen molar-refractivity contribution in [2.45, 2.75) is 20.0 Å². The summed E-state index contributed by atoms with van der Waals surface area (Å²) in [4.78, 5) is 25.1. The fourth-order valence-corrected chi connectivity index (χ4v) is 2.13. The van der Waals surface area contributed by atoms with Crippen LogP contribution in [0.4, 0.5) is 21.0 Å². The summed E-state index contributed by atoms with van der Waals surface area (Å²) in [6.45, 7) is 5.71. The van der Waals surface area contributed by atoms with Crippen molar-refractivity contribution in [2.24, 2.45) is 0 Å². The zero-order chi connectivity index (χ0) is 15.9. The van der Waals surface area contributed by atoms with Gasteiger partial charge < -0.3 is 19.7 Å². The summed E-state index contributed by atoms with van der Waals surface area (Å²) >= 11 is 0. The number of anilines is 2. The maximum absolute atomic E-state index is 12.1. The zero-order valence-corrected chi connectivity index (χ0v) is 12.8. The molecule has 2 rings (SSSR count). The van der Waals surface area contributed by atoms with Crippen molar-refractivity contribution >= 4 is 23.5 Å². The number of rotatable bonds is 3. The Balaban J connectivity index is 1.87. The SMILES string of the molecule is CCOC(=O)Nc1ccc(NC(=O)N2CCO[C@H](C)C2)cc1. The van der Waals surface area contributed by atoms with Crippen LogP contribution in [0.3, 0.4) is 0 Å². The molecule has 1 saturated heterocycles. The van der Waals surface area contributed by atoms with Crippen LogP contribution in [0, 0.1) is 0 Å². The maximum Gasteiger partial charge on any atom is 0.411 e. The molecule has 1 atom stereocenters. The Labute approximate surface area is 129 Å². The highest BCUT2D eigenvalue weighted by molar-refractivity contribution is 5.90. The van der Waals surface area contributed by atoms with Gasteiger partial charge in [-0.15, -0.1) is 0 Å². The van der Waals surface area contributed by atoms with Gasteiger partial charge in [0, 0.05) is 24.5 Å². The summed E-state index contributed by atoms with van der Waals surface area (Å²) in [6.07, 6.45) is -0.447. The molecule has 7 nitrogen and oxygen atoms in total. The lowest BCUT2D eigenvalue weighted by Gasteiger charge is -2.31. The molecule has 1 aromatic carbocycles. The fourth-order valence-electron chi connectivity index (χ4n) is 2.13. The number of nitrogens with one attached hydrogen (secondary N) is 2. The molecule has 3 amide bonds. The van der Waals surface area contributed by atoms with E-state index in [4.69, 9.17) is 9.47 Å². The molecule has 22 heavy (non-hydrogen) atoms. The number of ether oxygens (including phenoxy) is 2. The first-order valence-electron chi connectivity index (χ1n) is 7.30. The first-order chi connectivity index (χ1) is 10.6. The second-order valence-electron chi connectivity index (χ2n) is 4.98. The van der Waals surface area contributed by atoms with Crippen LogP contribution in [-0.4, -0.2) is 49.4 Å². The molecule has 0 unspecified atom stereocenters. The Morgan fingerprint density at radius 2 is 1.91 bits per heavy atom. The topological polar surface area (TPSA) is 79.9 Å². The average molecular weight is 307 g/mol. The van der Waals surface area contributed by atoms with Crippen molar-refractivity contribution in [3.8, 4) is 0 Å². The monoisotopic (exact) mass is 307 g/mol. The van der Waals surface area contributed by atoms with Crippen LogP contribution in [0.2, 0.25) is 0 Å². The third kappa shape index (κ3) is 4.63. The Morgan fingerprint density at radius 3 is 2.50 bits per heavy atom. The number of urea groups is 1. The molecule has 0 aromatic heterocycles. The Kier molecular flexibility index (Phi) is 5.60. The van der Waals surface area contributed by atoms with Crippen LogP contribution in [0.15, 0.2) is 24.3 Å². The van der Waals surface area contributed by atoms with Gasteiger partial charge in [0.05, 0.1) is 19.3 Å². The molecule has 2 N–H and O–H groups in total. The molecule has 1 aromatic rings. The minimum absolute atomic E-state index is 0.0515. The average Bonchev–Trinajstić information content (AvgIpc) is 2.49. The molecular weight excluding hydrogens is 286 g/mol. The van der Waals surface area contributed by atoms with Gasteiger partial charge in [0.1, 0.15) is 0 Å². The number of hydrogen-bond acceptors (Lipinski definition) is 4. The van der Waals surface area contributed by atoms with Gasteiger partial charge >= 0.3 is 12.1 Å². The predicted molar refractivity (Wildman–Crippen MR) is 83.1 cm³/mol. The van der Waals surface area contributed by atoms with Crippen LogP contribution in [-0.2, 0) is 9.47 Å². The van der Waals surface area contributed by atoms with Crippen LogP contribution >= 0.6 is 0 Å². The summed E-state index contributed by atoms with van der Waals surface area (Å²) in [6, 6.07) is 6.71. The molecule has 1 heterocycles. The molecule has 1 fully saturated rings. The quantitative estimate of drug-likeness (QED) is 0.899. The van der Waals surface area contributed by atoms with Crippen LogP contribution in [0.5, 0.6) is 0 Å². The molecule has 0 saturated carbocycles. The van der Waals surface area contributed by atoms with Gasteiger partial charge in [-0.05, 0) is 38.1 Å². The van der Waals surface area contributed by atoms with E-state index in [2.05, 4.69) is 10.6 Å². The normalized spacial score (nSPS) is 17.7. The lowest BCUT2D eigenvalue weighted by Crippen LogP contribution is -2.46. The van der Waals surface area contributed by atoms with Crippen molar-refractivity contribution in [3.05, 3.63) is 24.3 Å². The zero-order valence-electron chi connectivity index (χ0n) is 12.8. The van der Waals surface area contributed by atoms with Gasteiger partial charge in [-0.1, -0.05) is 0 Å². The lowest BCUT2D eigenvalue weighted by atomic mass is 10.2. The van der Waals surface area contributed by atoms with E-state index in [1.165, 1.54) is 0 Å². The summed E-state index contributed by atoms with van der Waals surface area (Å²) in [5, 5.41) is 5.42. The Hall–Kier alpha value is -2.28. The van der Waals surface area contributed by atoms with Gasteiger partial charge in [-0.2, -0.15) is 0 Å². The largest absolute Gasteiger partial charge is 0.450 e.